The van der Waals surface area contributed by atoms with Gasteiger partial charge in [0.25, 0.3) is 0 Å². The fraction of sp³-hybridized carbons (Fsp3) is 0.692. The fourth-order valence-electron chi connectivity index (χ4n) is 1.72. The molecule has 4 nitrogen and oxygen atoms in total. The Balaban J connectivity index is 2.98. The van der Waals surface area contributed by atoms with Gasteiger partial charge in [0.05, 0.1) is 0 Å². The second-order valence-corrected chi connectivity index (χ2v) is 6.52. The highest BCUT2D eigenvalue weighted by molar-refractivity contribution is 7.15. The molecule has 102 valence electrons. The Morgan fingerprint density at radius 2 is 2.11 bits per heavy atom. The summed E-state index contributed by atoms with van der Waals surface area (Å²) >= 11 is 1.38. The van der Waals surface area contributed by atoms with Crippen LogP contribution in [0.2, 0.25) is 0 Å². The molecule has 1 aromatic rings. The van der Waals surface area contributed by atoms with E-state index in [1.54, 1.807) is 0 Å². The van der Waals surface area contributed by atoms with Gasteiger partial charge < -0.3 is 10.5 Å². The van der Waals surface area contributed by atoms with E-state index in [0.717, 1.165) is 17.7 Å². The van der Waals surface area contributed by atoms with Crippen molar-refractivity contribution in [2.45, 2.75) is 59.0 Å². The van der Waals surface area contributed by atoms with E-state index in [2.05, 4.69) is 18.8 Å². The number of anilines is 1. The molecule has 0 saturated heterocycles. The maximum absolute atomic E-state index is 12.1. The van der Waals surface area contributed by atoms with Gasteiger partial charge in [-0.2, -0.15) is 0 Å². The van der Waals surface area contributed by atoms with E-state index in [9.17, 15) is 4.79 Å². The van der Waals surface area contributed by atoms with Gasteiger partial charge in [-0.3, -0.25) is 0 Å². The Labute approximate surface area is 113 Å². The van der Waals surface area contributed by atoms with Crippen molar-refractivity contribution in [2.75, 3.05) is 5.73 Å². The molecule has 0 aromatic carbocycles. The number of hydrogen-bond donors (Lipinski definition) is 1. The number of carbonyl (C=O) groups excluding carboxylic acids is 1. The molecule has 1 aromatic heterocycles. The van der Waals surface area contributed by atoms with Crippen molar-refractivity contribution >= 4 is 22.4 Å². The molecule has 18 heavy (non-hydrogen) atoms. The molecule has 0 aliphatic rings. The molecule has 1 unspecified atom stereocenters. The second-order valence-electron chi connectivity index (χ2n) is 5.46. The molecule has 0 saturated carbocycles. The van der Waals surface area contributed by atoms with Crippen LogP contribution in [0.25, 0.3) is 0 Å². The van der Waals surface area contributed by atoms with Crippen molar-refractivity contribution < 1.29 is 9.53 Å². The Bertz CT molecular complexity index is 421. The number of carbonyl (C=O) groups is 1. The lowest BCUT2D eigenvalue weighted by atomic mass is 10.0. The standard InChI is InChI=1S/C13H22N2O2S/c1-6-7-8(2)10-9(15-12(14)18-10)11(16)17-13(3,4)5/h8H,6-7H2,1-5H3,(H2,14,15). The summed E-state index contributed by atoms with van der Waals surface area (Å²) in [6, 6.07) is 0. The van der Waals surface area contributed by atoms with E-state index >= 15 is 0 Å². The number of nitrogens with two attached hydrogens (primary N) is 1. The summed E-state index contributed by atoms with van der Waals surface area (Å²) in [6.45, 7) is 9.74. The van der Waals surface area contributed by atoms with Crippen LogP contribution in [0, 0.1) is 0 Å². The molecule has 1 atom stereocenters. The average molecular weight is 270 g/mol. The van der Waals surface area contributed by atoms with Crippen molar-refractivity contribution in [3.05, 3.63) is 10.6 Å². The van der Waals surface area contributed by atoms with E-state index in [0.29, 0.717) is 10.8 Å². The monoisotopic (exact) mass is 270 g/mol. The summed E-state index contributed by atoms with van der Waals surface area (Å²) < 4.78 is 5.36. The molecule has 1 rings (SSSR count). The summed E-state index contributed by atoms with van der Waals surface area (Å²) in [5.74, 6) is -0.0966. The average Bonchev–Trinajstić information content (AvgIpc) is 2.58. The lowest BCUT2D eigenvalue weighted by Gasteiger charge is -2.19. The second kappa shape index (κ2) is 5.69. The van der Waals surface area contributed by atoms with E-state index in [-0.39, 0.29) is 11.9 Å². The van der Waals surface area contributed by atoms with Crippen LogP contribution in [0.3, 0.4) is 0 Å². The first-order valence-corrected chi connectivity index (χ1v) is 7.05. The molecule has 0 bridgehead atoms. The van der Waals surface area contributed by atoms with Gasteiger partial charge in [0, 0.05) is 4.88 Å². The number of hydrogen-bond acceptors (Lipinski definition) is 5. The van der Waals surface area contributed by atoms with Crippen molar-refractivity contribution in [3.8, 4) is 0 Å². The van der Waals surface area contributed by atoms with Gasteiger partial charge >= 0.3 is 5.97 Å². The first kappa shape index (κ1) is 15.0. The predicted octanol–water partition coefficient (Wildman–Crippen LogP) is 3.58. The van der Waals surface area contributed by atoms with Crippen LogP contribution in [0.5, 0.6) is 0 Å². The van der Waals surface area contributed by atoms with Crippen LogP contribution in [0.4, 0.5) is 5.13 Å². The Kier molecular flexibility index (Phi) is 4.73. The summed E-state index contributed by atoms with van der Waals surface area (Å²) in [7, 11) is 0. The number of rotatable bonds is 4. The van der Waals surface area contributed by atoms with E-state index in [4.69, 9.17) is 10.5 Å². The minimum Gasteiger partial charge on any atom is -0.455 e. The summed E-state index contributed by atoms with van der Waals surface area (Å²) in [5.41, 5.74) is 5.58. The zero-order chi connectivity index (χ0) is 13.9. The maximum Gasteiger partial charge on any atom is 0.358 e. The van der Waals surface area contributed by atoms with Gasteiger partial charge in [0.2, 0.25) is 0 Å². The highest BCUT2D eigenvalue weighted by Crippen LogP contribution is 2.32. The highest BCUT2D eigenvalue weighted by atomic mass is 32.1. The van der Waals surface area contributed by atoms with Crippen LogP contribution in [-0.4, -0.2) is 16.6 Å². The van der Waals surface area contributed by atoms with Crippen molar-refractivity contribution in [3.63, 3.8) is 0 Å². The SMILES string of the molecule is CCCC(C)c1sc(N)nc1C(=O)OC(C)(C)C. The first-order chi connectivity index (χ1) is 8.24. The topological polar surface area (TPSA) is 65.2 Å². The van der Waals surface area contributed by atoms with E-state index < -0.39 is 5.60 Å². The molecule has 0 aliphatic heterocycles. The minimum atomic E-state index is -0.513. The van der Waals surface area contributed by atoms with Gasteiger partial charge in [-0.25, -0.2) is 9.78 Å². The third-order valence-electron chi connectivity index (χ3n) is 2.43. The van der Waals surface area contributed by atoms with Gasteiger partial charge in [-0.1, -0.05) is 20.3 Å². The largest absolute Gasteiger partial charge is 0.455 e. The highest BCUT2D eigenvalue weighted by Gasteiger charge is 2.25. The van der Waals surface area contributed by atoms with Gasteiger partial charge in [0.15, 0.2) is 10.8 Å². The molecule has 0 spiro atoms. The lowest BCUT2D eigenvalue weighted by Crippen LogP contribution is -2.24. The third-order valence-corrected chi connectivity index (χ3v) is 3.55. The van der Waals surface area contributed by atoms with E-state index in [1.807, 2.05) is 20.8 Å². The molecule has 0 radical (unpaired) electrons. The number of aromatic nitrogens is 1. The number of nitrogens with zero attached hydrogens (tertiary/aromatic N) is 1. The maximum atomic E-state index is 12.1. The van der Waals surface area contributed by atoms with E-state index in [1.165, 1.54) is 11.3 Å². The Morgan fingerprint density at radius 1 is 1.50 bits per heavy atom. The zero-order valence-electron chi connectivity index (χ0n) is 11.7. The molecule has 1 heterocycles. The Hall–Kier alpha value is -1.10. The lowest BCUT2D eigenvalue weighted by molar-refractivity contribution is 0.00622. The quantitative estimate of drug-likeness (QED) is 0.849. The smallest absolute Gasteiger partial charge is 0.358 e. The van der Waals surface area contributed by atoms with Crippen LogP contribution < -0.4 is 5.73 Å². The van der Waals surface area contributed by atoms with Crippen molar-refractivity contribution in [1.29, 1.82) is 0 Å². The number of ether oxygens (including phenoxy) is 1. The summed E-state index contributed by atoms with van der Waals surface area (Å²) in [6.07, 6.45) is 2.07. The van der Waals surface area contributed by atoms with Crippen LogP contribution >= 0.6 is 11.3 Å². The van der Waals surface area contributed by atoms with Crippen molar-refractivity contribution in [1.82, 2.24) is 4.98 Å². The number of thiazole rings is 1. The molecule has 5 heteroatoms. The van der Waals surface area contributed by atoms with Crippen molar-refractivity contribution in [2.24, 2.45) is 0 Å². The molecule has 2 N–H and O–H groups in total. The zero-order valence-corrected chi connectivity index (χ0v) is 12.6. The van der Waals surface area contributed by atoms with Crippen LogP contribution in [-0.2, 0) is 4.74 Å². The number of esters is 1. The van der Waals surface area contributed by atoms with Gasteiger partial charge in [-0.05, 0) is 33.1 Å². The fourth-order valence-corrected chi connectivity index (χ4v) is 2.63. The van der Waals surface area contributed by atoms with Gasteiger partial charge in [-0.15, -0.1) is 11.3 Å². The predicted molar refractivity (Wildman–Crippen MR) is 75.0 cm³/mol. The number of nitrogen functional groups attached to an aromatic ring is 1. The normalized spacial score (nSPS) is 13.4. The molecule has 0 amide bonds. The summed E-state index contributed by atoms with van der Waals surface area (Å²) in [5, 5.41) is 0.425. The molecular formula is C13H22N2O2S. The van der Waals surface area contributed by atoms with Crippen LogP contribution in [0.15, 0.2) is 0 Å². The Morgan fingerprint density at radius 3 is 2.61 bits per heavy atom. The first-order valence-electron chi connectivity index (χ1n) is 6.24. The molecule has 0 fully saturated rings. The molecule has 0 aliphatic carbocycles. The third kappa shape index (κ3) is 3.98. The minimum absolute atomic E-state index is 0.285. The molecular weight excluding hydrogens is 248 g/mol. The van der Waals surface area contributed by atoms with Crippen LogP contribution in [0.1, 0.15) is 68.7 Å². The summed E-state index contributed by atoms with van der Waals surface area (Å²) in [4.78, 5) is 17.1. The van der Waals surface area contributed by atoms with Gasteiger partial charge in [0.1, 0.15) is 5.60 Å².